The van der Waals surface area contributed by atoms with E-state index in [1.807, 2.05) is 91.0 Å². The van der Waals surface area contributed by atoms with Crippen LogP contribution in [0.25, 0.3) is 0 Å². The lowest BCUT2D eigenvalue weighted by Gasteiger charge is -2.47. The van der Waals surface area contributed by atoms with Crippen molar-refractivity contribution in [3.63, 3.8) is 0 Å². The Bertz CT molecular complexity index is 983. The lowest BCUT2D eigenvalue weighted by molar-refractivity contribution is -0.368. The van der Waals surface area contributed by atoms with Crippen molar-refractivity contribution in [2.24, 2.45) is 0 Å². The van der Waals surface area contributed by atoms with Crippen molar-refractivity contribution in [3.05, 3.63) is 108 Å². The number of fused-ring (bicyclic) bond motifs is 1. The molecule has 3 aromatic carbocycles. The van der Waals surface area contributed by atoms with E-state index in [1.54, 1.807) is 0 Å². The number of hydrogen-bond donors (Lipinski definition) is 1. The zero-order chi connectivity index (χ0) is 22.5. The summed E-state index contributed by atoms with van der Waals surface area (Å²) in [5.74, 6) is 0. The second kappa shape index (κ2) is 10.6. The third-order valence-corrected chi connectivity index (χ3v) is 5.92. The second-order valence-corrected chi connectivity index (χ2v) is 8.27. The number of aliphatic hydroxyl groups is 1. The maximum atomic E-state index is 11.2. The molecule has 1 unspecified atom stereocenters. The Morgan fingerprint density at radius 1 is 0.727 bits per heavy atom. The maximum absolute atomic E-state index is 11.2. The van der Waals surface area contributed by atoms with E-state index in [4.69, 9.17) is 23.7 Å². The van der Waals surface area contributed by atoms with Crippen molar-refractivity contribution in [2.75, 3.05) is 6.61 Å². The van der Waals surface area contributed by atoms with Crippen molar-refractivity contribution in [1.29, 1.82) is 0 Å². The lowest BCUT2D eigenvalue weighted by Crippen LogP contribution is -2.62. The fourth-order valence-corrected chi connectivity index (χ4v) is 4.19. The molecule has 6 heteroatoms. The van der Waals surface area contributed by atoms with Crippen LogP contribution >= 0.6 is 0 Å². The van der Waals surface area contributed by atoms with E-state index in [9.17, 15) is 5.11 Å². The molecule has 0 aromatic heterocycles. The monoisotopic (exact) mass is 448 g/mol. The molecule has 2 heterocycles. The molecule has 5 rings (SSSR count). The Morgan fingerprint density at radius 2 is 1.30 bits per heavy atom. The van der Waals surface area contributed by atoms with Crippen molar-refractivity contribution in [2.45, 2.75) is 50.2 Å². The quantitative estimate of drug-likeness (QED) is 0.590. The molecule has 6 atom stereocenters. The molecule has 0 amide bonds. The molecule has 0 bridgehead atoms. The zero-order valence-corrected chi connectivity index (χ0v) is 18.2. The van der Waals surface area contributed by atoms with E-state index in [0.29, 0.717) is 19.8 Å². The van der Waals surface area contributed by atoms with Gasteiger partial charge < -0.3 is 28.8 Å². The van der Waals surface area contributed by atoms with Gasteiger partial charge in [0, 0.05) is 5.56 Å². The van der Waals surface area contributed by atoms with Crippen LogP contribution in [0.1, 0.15) is 23.0 Å². The van der Waals surface area contributed by atoms with E-state index >= 15 is 0 Å². The highest BCUT2D eigenvalue weighted by Crippen LogP contribution is 2.36. The number of benzene rings is 3. The molecule has 2 saturated heterocycles. The summed E-state index contributed by atoms with van der Waals surface area (Å²) in [6.45, 7) is 0.977. The molecule has 2 fully saturated rings. The normalized spacial score (nSPS) is 29.4. The van der Waals surface area contributed by atoms with Crippen molar-refractivity contribution in [3.8, 4) is 0 Å². The third-order valence-electron chi connectivity index (χ3n) is 5.92. The summed E-state index contributed by atoms with van der Waals surface area (Å²) in [7, 11) is 0. The SMILES string of the molecule is O[C@H]1[C@H](OCc2ccccc2)O[C@@H]2COC(c3ccccc3)O[C@H]2[C@@H]1OCc1ccccc1. The Labute approximate surface area is 193 Å². The Morgan fingerprint density at radius 3 is 1.94 bits per heavy atom. The zero-order valence-electron chi connectivity index (χ0n) is 18.2. The van der Waals surface area contributed by atoms with Crippen LogP contribution in [0, 0.1) is 0 Å². The first kappa shape index (κ1) is 22.2. The predicted molar refractivity (Wildman–Crippen MR) is 121 cm³/mol. The van der Waals surface area contributed by atoms with Gasteiger partial charge in [0.05, 0.1) is 19.8 Å². The lowest BCUT2D eigenvalue weighted by atomic mass is 9.97. The topological polar surface area (TPSA) is 66.4 Å². The first-order chi connectivity index (χ1) is 16.3. The van der Waals surface area contributed by atoms with Gasteiger partial charge in [-0.1, -0.05) is 91.0 Å². The van der Waals surface area contributed by atoms with Crippen LogP contribution in [0.4, 0.5) is 0 Å². The summed E-state index contributed by atoms with van der Waals surface area (Å²) < 4.78 is 30.5. The Balaban J connectivity index is 1.32. The minimum Gasteiger partial charge on any atom is -0.385 e. The molecule has 0 radical (unpaired) electrons. The molecule has 2 aliphatic heterocycles. The molecule has 0 aliphatic carbocycles. The highest BCUT2D eigenvalue weighted by molar-refractivity contribution is 5.17. The van der Waals surface area contributed by atoms with Crippen molar-refractivity contribution in [1.82, 2.24) is 0 Å². The van der Waals surface area contributed by atoms with Gasteiger partial charge in [0.25, 0.3) is 0 Å². The van der Waals surface area contributed by atoms with Crippen LogP contribution in [0.2, 0.25) is 0 Å². The van der Waals surface area contributed by atoms with Crippen LogP contribution in [-0.4, -0.2) is 42.4 Å². The van der Waals surface area contributed by atoms with Crippen LogP contribution in [0.5, 0.6) is 0 Å². The molecule has 2 aliphatic rings. The van der Waals surface area contributed by atoms with Crippen molar-refractivity contribution < 1.29 is 28.8 Å². The molecular formula is C27H28O6. The fraction of sp³-hybridized carbons (Fsp3) is 0.333. The molecule has 0 spiro atoms. The summed E-state index contributed by atoms with van der Waals surface area (Å²) >= 11 is 0. The smallest absolute Gasteiger partial charge is 0.187 e. The summed E-state index contributed by atoms with van der Waals surface area (Å²) in [4.78, 5) is 0. The summed E-state index contributed by atoms with van der Waals surface area (Å²) in [6, 6.07) is 29.4. The van der Waals surface area contributed by atoms with Crippen LogP contribution < -0.4 is 0 Å². The number of ether oxygens (including phenoxy) is 5. The molecule has 3 aromatic rings. The van der Waals surface area contributed by atoms with Gasteiger partial charge in [-0.05, 0) is 11.1 Å². The molecule has 6 nitrogen and oxygen atoms in total. The van der Waals surface area contributed by atoms with Crippen LogP contribution in [0.15, 0.2) is 91.0 Å². The standard InChI is InChI=1S/C27H28O6/c28-23-25(29-16-19-10-4-1-5-11-19)24-22(18-31-26(33-24)21-14-8-3-9-15-21)32-27(23)30-17-20-12-6-2-7-13-20/h1-15,22-28H,16-18H2/t22-,23-,24-,25-,26?,27-/m1/s1. The number of rotatable bonds is 7. The van der Waals surface area contributed by atoms with E-state index < -0.39 is 37.0 Å². The Kier molecular flexibility index (Phi) is 7.12. The fourth-order valence-electron chi connectivity index (χ4n) is 4.19. The average Bonchev–Trinajstić information content (AvgIpc) is 2.88. The first-order valence-electron chi connectivity index (χ1n) is 11.2. The second-order valence-electron chi connectivity index (χ2n) is 8.27. The van der Waals surface area contributed by atoms with Gasteiger partial charge in [0.15, 0.2) is 12.6 Å². The number of aliphatic hydroxyl groups excluding tert-OH is 1. The molecular weight excluding hydrogens is 420 g/mol. The van der Waals surface area contributed by atoms with Gasteiger partial charge in [-0.25, -0.2) is 0 Å². The first-order valence-corrected chi connectivity index (χ1v) is 11.2. The molecule has 1 N–H and O–H groups in total. The number of hydrogen-bond acceptors (Lipinski definition) is 6. The van der Waals surface area contributed by atoms with E-state index in [-0.39, 0.29) is 0 Å². The summed E-state index contributed by atoms with van der Waals surface area (Å²) in [5.41, 5.74) is 2.92. The average molecular weight is 449 g/mol. The summed E-state index contributed by atoms with van der Waals surface area (Å²) in [6.07, 6.45) is -3.98. The van der Waals surface area contributed by atoms with E-state index in [1.165, 1.54) is 0 Å². The van der Waals surface area contributed by atoms with Gasteiger partial charge in [-0.15, -0.1) is 0 Å². The highest BCUT2D eigenvalue weighted by atomic mass is 16.8. The van der Waals surface area contributed by atoms with Gasteiger partial charge in [-0.2, -0.15) is 0 Å². The molecule has 33 heavy (non-hydrogen) atoms. The van der Waals surface area contributed by atoms with E-state index in [0.717, 1.165) is 16.7 Å². The largest absolute Gasteiger partial charge is 0.385 e. The third kappa shape index (κ3) is 5.33. The Hall–Kier alpha value is -2.58. The van der Waals surface area contributed by atoms with Crippen molar-refractivity contribution >= 4 is 0 Å². The van der Waals surface area contributed by atoms with Crippen LogP contribution in [0.3, 0.4) is 0 Å². The van der Waals surface area contributed by atoms with Crippen LogP contribution in [-0.2, 0) is 36.9 Å². The maximum Gasteiger partial charge on any atom is 0.187 e. The summed E-state index contributed by atoms with van der Waals surface area (Å²) in [5, 5.41) is 11.2. The van der Waals surface area contributed by atoms with Gasteiger partial charge >= 0.3 is 0 Å². The highest BCUT2D eigenvalue weighted by Gasteiger charge is 2.50. The predicted octanol–water partition coefficient (Wildman–Crippen LogP) is 3.99. The van der Waals surface area contributed by atoms with Gasteiger partial charge in [0.1, 0.15) is 24.4 Å². The molecule has 0 saturated carbocycles. The van der Waals surface area contributed by atoms with Gasteiger partial charge in [0.2, 0.25) is 0 Å². The van der Waals surface area contributed by atoms with E-state index in [2.05, 4.69) is 0 Å². The van der Waals surface area contributed by atoms with Gasteiger partial charge in [-0.3, -0.25) is 0 Å². The minimum atomic E-state index is -1.02. The minimum absolute atomic E-state index is 0.313. The molecule has 172 valence electrons.